The molecule has 7 heteroatoms. The summed E-state index contributed by atoms with van der Waals surface area (Å²) in [5, 5.41) is 4.48. The predicted molar refractivity (Wildman–Crippen MR) is 101 cm³/mol. The number of nitrogens with two attached hydrogens (primary N) is 1. The number of hydrogen-bond donors (Lipinski definition) is 1. The lowest BCUT2D eigenvalue weighted by molar-refractivity contribution is -0.117. The van der Waals surface area contributed by atoms with E-state index in [4.69, 9.17) is 15.2 Å². The first-order chi connectivity index (χ1) is 13.0. The first-order valence-corrected chi connectivity index (χ1v) is 8.58. The lowest BCUT2D eigenvalue weighted by Gasteiger charge is -2.16. The predicted octanol–water partition coefficient (Wildman–Crippen LogP) is 2.75. The molecule has 140 valence electrons. The number of aryl methyl sites for hydroxylation is 1. The molecule has 0 saturated carbocycles. The average molecular weight is 366 g/mol. The molecule has 0 aliphatic heterocycles. The van der Waals surface area contributed by atoms with Crippen molar-refractivity contribution < 1.29 is 14.3 Å². The SMILES string of the molecule is COc1cccc(OC(C)c2nc(CC(N)=O)nn2-c2ccccc2C)c1. The molecule has 1 unspecified atom stereocenters. The van der Waals surface area contributed by atoms with E-state index in [1.807, 2.05) is 56.3 Å². The molecular weight excluding hydrogens is 344 g/mol. The van der Waals surface area contributed by atoms with Crippen molar-refractivity contribution in [2.45, 2.75) is 26.4 Å². The standard InChI is InChI=1S/C20H22N4O3/c1-13-7-4-5-10-17(13)24-20(22-19(23-24)12-18(21)25)14(2)27-16-9-6-8-15(11-16)26-3/h4-11,14H,12H2,1-3H3,(H2,21,25). The van der Waals surface area contributed by atoms with Crippen molar-refractivity contribution in [3.05, 3.63) is 65.7 Å². The molecule has 1 amide bonds. The van der Waals surface area contributed by atoms with Crippen molar-refractivity contribution in [1.29, 1.82) is 0 Å². The molecule has 1 heterocycles. The van der Waals surface area contributed by atoms with Crippen LogP contribution in [-0.2, 0) is 11.2 Å². The van der Waals surface area contributed by atoms with Gasteiger partial charge in [-0.2, -0.15) is 5.10 Å². The Morgan fingerprint density at radius 1 is 1.19 bits per heavy atom. The van der Waals surface area contributed by atoms with Gasteiger partial charge in [0.2, 0.25) is 5.91 Å². The maximum atomic E-state index is 11.3. The summed E-state index contributed by atoms with van der Waals surface area (Å²) in [5.41, 5.74) is 7.21. The highest BCUT2D eigenvalue weighted by Gasteiger charge is 2.21. The molecule has 0 bridgehead atoms. The number of methoxy groups -OCH3 is 1. The van der Waals surface area contributed by atoms with E-state index in [1.54, 1.807) is 17.9 Å². The molecule has 3 aromatic rings. The van der Waals surface area contributed by atoms with Crippen molar-refractivity contribution in [1.82, 2.24) is 14.8 Å². The van der Waals surface area contributed by atoms with Crippen LogP contribution in [0.1, 0.15) is 30.2 Å². The van der Waals surface area contributed by atoms with Gasteiger partial charge in [-0.05, 0) is 37.6 Å². The molecule has 0 fully saturated rings. The summed E-state index contributed by atoms with van der Waals surface area (Å²) < 4.78 is 13.0. The molecule has 3 rings (SSSR count). The highest BCUT2D eigenvalue weighted by molar-refractivity contribution is 5.75. The Morgan fingerprint density at radius 3 is 2.63 bits per heavy atom. The number of carbonyl (C=O) groups is 1. The monoisotopic (exact) mass is 366 g/mol. The molecular formula is C20H22N4O3. The largest absolute Gasteiger partial charge is 0.497 e. The molecule has 0 radical (unpaired) electrons. The minimum absolute atomic E-state index is 0.0300. The zero-order chi connectivity index (χ0) is 19.4. The minimum atomic E-state index is -0.482. The van der Waals surface area contributed by atoms with Crippen LogP contribution in [0.25, 0.3) is 5.69 Å². The number of amides is 1. The Bertz CT molecular complexity index is 952. The summed E-state index contributed by atoms with van der Waals surface area (Å²) in [6.45, 7) is 3.87. The lowest BCUT2D eigenvalue weighted by atomic mass is 10.2. The molecule has 0 aliphatic rings. The van der Waals surface area contributed by atoms with Crippen LogP contribution in [0.15, 0.2) is 48.5 Å². The quantitative estimate of drug-likeness (QED) is 0.694. The van der Waals surface area contributed by atoms with Crippen LogP contribution < -0.4 is 15.2 Å². The van der Waals surface area contributed by atoms with Gasteiger partial charge in [0.05, 0.1) is 19.2 Å². The second-order valence-electron chi connectivity index (χ2n) is 6.17. The summed E-state index contributed by atoms with van der Waals surface area (Å²) in [4.78, 5) is 15.8. The van der Waals surface area contributed by atoms with Gasteiger partial charge in [0.1, 0.15) is 11.5 Å². The number of rotatable bonds is 7. The van der Waals surface area contributed by atoms with Crippen LogP contribution in [0.2, 0.25) is 0 Å². The molecule has 0 saturated heterocycles. The third kappa shape index (κ3) is 4.25. The first-order valence-electron chi connectivity index (χ1n) is 8.58. The van der Waals surface area contributed by atoms with E-state index in [2.05, 4.69) is 10.1 Å². The van der Waals surface area contributed by atoms with E-state index < -0.39 is 12.0 Å². The first kappa shape index (κ1) is 18.4. The summed E-state index contributed by atoms with van der Waals surface area (Å²) in [6, 6.07) is 15.2. The van der Waals surface area contributed by atoms with Gasteiger partial charge in [0.25, 0.3) is 0 Å². The highest BCUT2D eigenvalue weighted by Crippen LogP contribution is 2.26. The Kier molecular flexibility index (Phi) is 5.40. The Hall–Kier alpha value is -3.35. The normalized spacial score (nSPS) is 11.8. The van der Waals surface area contributed by atoms with E-state index in [1.165, 1.54) is 0 Å². The fourth-order valence-corrected chi connectivity index (χ4v) is 2.77. The van der Waals surface area contributed by atoms with E-state index in [-0.39, 0.29) is 6.42 Å². The van der Waals surface area contributed by atoms with E-state index in [0.29, 0.717) is 23.1 Å². The number of primary amides is 1. The van der Waals surface area contributed by atoms with Crippen molar-refractivity contribution in [3.63, 3.8) is 0 Å². The molecule has 0 aliphatic carbocycles. The van der Waals surface area contributed by atoms with Gasteiger partial charge in [-0.15, -0.1) is 0 Å². The van der Waals surface area contributed by atoms with Gasteiger partial charge >= 0.3 is 0 Å². The van der Waals surface area contributed by atoms with Gasteiger partial charge in [0, 0.05) is 6.07 Å². The van der Waals surface area contributed by atoms with Crippen LogP contribution in [0, 0.1) is 6.92 Å². The van der Waals surface area contributed by atoms with Crippen LogP contribution in [0.5, 0.6) is 11.5 Å². The molecule has 27 heavy (non-hydrogen) atoms. The summed E-state index contributed by atoms with van der Waals surface area (Å²) in [7, 11) is 1.60. The van der Waals surface area contributed by atoms with Crippen molar-refractivity contribution in [2.75, 3.05) is 7.11 Å². The topological polar surface area (TPSA) is 92.3 Å². The maximum Gasteiger partial charge on any atom is 0.225 e. The van der Waals surface area contributed by atoms with Crippen LogP contribution >= 0.6 is 0 Å². The molecule has 0 spiro atoms. The van der Waals surface area contributed by atoms with Gasteiger partial charge in [-0.1, -0.05) is 24.3 Å². The van der Waals surface area contributed by atoms with Gasteiger partial charge in [-0.3, -0.25) is 4.79 Å². The number of nitrogens with zero attached hydrogens (tertiary/aromatic N) is 3. The smallest absolute Gasteiger partial charge is 0.225 e. The fraction of sp³-hybridized carbons (Fsp3) is 0.250. The lowest BCUT2D eigenvalue weighted by Crippen LogP contribution is -2.14. The number of benzene rings is 2. The van der Waals surface area contributed by atoms with Crippen molar-refractivity contribution in [3.8, 4) is 17.2 Å². The van der Waals surface area contributed by atoms with Crippen LogP contribution in [-0.4, -0.2) is 27.8 Å². The summed E-state index contributed by atoms with van der Waals surface area (Å²) in [5.74, 6) is 1.82. The number of carbonyl (C=O) groups excluding carboxylic acids is 1. The summed E-state index contributed by atoms with van der Waals surface area (Å²) in [6.07, 6.45) is -0.441. The van der Waals surface area contributed by atoms with E-state index in [9.17, 15) is 4.79 Å². The second kappa shape index (κ2) is 7.90. The third-order valence-corrected chi connectivity index (χ3v) is 4.07. The van der Waals surface area contributed by atoms with E-state index >= 15 is 0 Å². The van der Waals surface area contributed by atoms with Crippen molar-refractivity contribution in [2.24, 2.45) is 5.73 Å². The average Bonchev–Trinajstić information content (AvgIpc) is 3.05. The number of para-hydroxylation sites is 1. The second-order valence-corrected chi connectivity index (χ2v) is 6.17. The third-order valence-electron chi connectivity index (χ3n) is 4.07. The van der Waals surface area contributed by atoms with Crippen LogP contribution in [0.4, 0.5) is 0 Å². The number of ether oxygens (including phenoxy) is 2. The molecule has 2 aromatic carbocycles. The minimum Gasteiger partial charge on any atom is -0.497 e. The maximum absolute atomic E-state index is 11.3. The Balaban J connectivity index is 1.98. The van der Waals surface area contributed by atoms with Gasteiger partial charge in [-0.25, -0.2) is 9.67 Å². The Labute approximate surface area is 157 Å². The van der Waals surface area contributed by atoms with E-state index in [0.717, 1.165) is 11.3 Å². The van der Waals surface area contributed by atoms with Crippen LogP contribution in [0.3, 0.4) is 0 Å². The zero-order valence-corrected chi connectivity index (χ0v) is 15.5. The highest BCUT2D eigenvalue weighted by atomic mass is 16.5. The number of hydrogen-bond acceptors (Lipinski definition) is 5. The zero-order valence-electron chi connectivity index (χ0n) is 15.5. The molecule has 7 nitrogen and oxygen atoms in total. The molecule has 1 atom stereocenters. The van der Waals surface area contributed by atoms with Crippen molar-refractivity contribution >= 4 is 5.91 Å². The van der Waals surface area contributed by atoms with Gasteiger partial charge < -0.3 is 15.2 Å². The molecule has 2 N–H and O–H groups in total. The summed E-state index contributed by atoms with van der Waals surface area (Å²) >= 11 is 0. The van der Waals surface area contributed by atoms with Gasteiger partial charge in [0.15, 0.2) is 17.8 Å². The molecule has 1 aromatic heterocycles. The fourth-order valence-electron chi connectivity index (χ4n) is 2.77. The number of aromatic nitrogens is 3. The Morgan fingerprint density at radius 2 is 1.93 bits per heavy atom.